The highest BCUT2D eigenvalue weighted by molar-refractivity contribution is 7.88. The molecule has 2 N–H and O–H groups in total. The van der Waals surface area contributed by atoms with Crippen molar-refractivity contribution < 1.29 is 8.42 Å². The van der Waals surface area contributed by atoms with Crippen LogP contribution in [0.15, 0.2) is 30.3 Å². The molecule has 0 aliphatic heterocycles. The van der Waals surface area contributed by atoms with Gasteiger partial charge in [0.15, 0.2) is 0 Å². The van der Waals surface area contributed by atoms with Crippen molar-refractivity contribution in [1.82, 2.24) is 10.0 Å². The number of hydrogen-bond acceptors (Lipinski definition) is 3. The number of rotatable bonds is 6. The molecule has 0 heterocycles. The second-order valence-corrected chi connectivity index (χ2v) is 5.63. The zero-order valence-electron chi connectivity index (χ0n) is 9.60. The van der Waals surface area contributed by atoms with E-state index in [9.17, 15) is 8.42 Å². The summed E-state index contributed by atoms with van der Waals surface area (Å²) in [4.78, 5) is 0. The molecule has 1 aromatic carbocycles. The fourth-order valence-electron chi connectivity index (χ4n) is 1.43. The lowest BCUT2D eigenvalue weighted by Crippen LogP contribution is -2.40. The highest BCUT2D eigenvalue weighted by Gasteiger charge is 2.09. The Balaban J connectivity index is 2.50. The summed E-state index contributed by atoms with van der Waals surface area (Å²) in [6, 6.07) is 10.1. The topological polar surface area (TPSA) is 58.2 Å². The maximum atomic E-state index is 11.0. The third kappa shape index (κ3) is 5.25. The molecule has 5 heteroatoms. The van der Waals surface area contributed by atoms with Gasteiger partial charge in [0.2, 0.25) is 10.0 Å². The van der Waals surface area contributed by atoms with Crippen molar-refractivity contribution >= 4 is 10.0 Å². The van der Waals surface area contributed by atoms with Crippen molar-refractivity contribution in [3.63, 3.8) is 0 Å². The first-order valence-electron chi connectivity index (χ1n) is 5.17. The van der Waals surface area contributed by atoms with E-state index in [1.807, 2.05) is 37.4 Å². The fraction of sp³-hybridized carbons (Fsp3) is 0.455. The van der Waals surface area contributed by atoms with Crippen LogP contribution in [-0.4, -0.2) is 34.3 Å². The molecule has 1 aromatic rings. The van der Waals surface area contributed by atoms with Crippen LogP contribution in [0.5, 0.6) is 0 Å². The molecule has 0 aromatic heterocycles. The number of hydrogen-bond donors (Lipinski definition) is 2. The van der Waals surface area contributed by atoms with Crippen LogP contribution in [-0.2, 0) is 16.4 Å². The van der Waals surface area contributed by atoms with E-state index in [1.165, 1.54) is 11.8 Å². The second-order valence-electron chi connectivity index (χ2n) is 3.80. The van der Waals surface area contributed by atoms with Crippen molar-refractivity contribution in [2.75, 3.05) is 19.8 Å². The third-order valence-electron chi connectivity index (χ3n) is 2.33. The standard InChI is InChI=1S/C11H18N2O2S/c1-12-11(9-13-16(2,14)15)8-10-6-4-3-5-7-10/h3-7,11-13H,8-9H2,1-2H3. The average Bonchev–Trinajstić information content (AvgIpc) is 2.24. The van der Waals surface area contributed by atoms with Crippen molar-refractivity contribution in [3.8, 4) is 0 Å². The van der Waals surface area contributed by atoms with Crippen LogP contribution < -0.4 is 10.0 Å². The normalized spacial score (nSPS) is 13.6. The first kappa shape index (κ1) is 13.2. The number of nitrogens with one attached hydrogen (secondary N) is 2. The van der Waals surface area contributed by atoms with Crippen molar-refractivity contribution in [3.05, 3.63) is 35.9 Å². The Hall–Kier alpha value is -0.910. The molecule has 0 radical (unpaired) electrons. The molecule has 0 fully saturated rings. The molecule has 16 heavy (non-hydrogen) atoms. The van der Waals surface area contributed by atoms with Gasteiger partial charge in [-0.2, -0.15) is 0 Å². The molecule has 0 spiro atoms. The van der Waals surface area contributed by atoms with Gasteiger partial charge in [0.25, 0.3) is 0 Å². The summed E-state index contributed by atoms with van der Waals surface area (Å²) >= 11 is 0. The molecule has 0 saturated carbocycles. The van der Waals surface area contributed by atoms with E-state index in [-0.39, 0.29) is 6.04 Å². The molecule has 0 bridgehead atoms. The Kier molecular flexibility index (Phi) is 4.92. The van der Waals surface area contributed by atoms with E-state index in [1.54, 1.807) is 0 Å². The van der Waals surface area contributed by atoms with Crippen LogP contribution in [0.4, 0.5) is 0 Å². The van der Waals surface area contributed by atoms with Gasteiger partial charge in [0.1, 0.15) is 0 Å². The molecule has 1 unspecified atom stereocenters. The van der Waals surface area contributed by atoms with E-state index >= 15 is 0 Å². The van der Waals surface area contributed by atoms with E-state index < -0.39 is 10.0 Å². The maximum Gasteiger partial charge on any atom is 0.208 e. The first-order chi connectivity index (χ1) is 7.51. The van der Waals surface area contributed by atoms with Crippen LogP contribution in [0.1, 0.15) is 5.56 Å². The van der Waals surface area contributed by atoms with Crippen molar-refractivity contribution in [2.45, 2.75) is 12.5 Å². The van der Waals surface area contributed by atoms with Crippen LogP contribution in [0, 0.1) is 0 Å². The minimum Gasteiger partial charge on any atom is -0.315 e. The van der Waals surface area contributed by atoms with E-state index in [0.717, 1.165) is 6.42 Å². The summed E-state index contributed by atoms with van der Waals surface area (Å²) < 4.78 is 24.4. The molecule has 1 atom stereocenters. The van der Waals surface area contributed by atoms with Gasteiger partial charge in [-0.05, 0) is 19.0 Å². The molecule has 0 aliphatic carbocycles. The summed E-state index contributed by atoms with van der Waals surface area (Å²) in [6.07, 6.45) is 1.97. The lowest BCUT2D eigenvalue weighted by Gasteiger charge is -2.16. The first-order valence-corrected chi connectivity index (χ1v) is 7.06. The Morgan fingerprint density at radius 2 is 1.88 bits per heavy atom. The van der Waals surface area contributed by atoms with Gasteiger partial charge >= 0.3 is 0 Å². The van der Waals surface area contributed by atoms with Crippen LogP contribution in [0.2, 0.25) is 0 Å². The van der Waals surface area contributed by atoms with Gasteiger partial charge in [0, 0.05) is 12.6 Å². The summed E-state index contributed by atoms with van der Waals surface area (Å²) in [5, 5.41) is 3.10. The van der Waals surface area contributed by atoms with Crippen molar-refractivity contribution in [1.29, 1.82) is 0 Å². The monoisotopic (exact) mass is 242 g/mol. The Morgan fingerprint density at radius 1 is 1.25 bits per heavy atom. The molecular formula is C11H18N2O2S. The highest BCUT2D eigenvalue weighted by atomic mass is 32.2. The second kappa shape index (κ2) is 5.98. The molecule has 90 valence electrons. The zero-order valence-corrected chi connectivity index (χ0v) is 10.4. The molecule has 4 nitrogen and oxygen atoms in total. The van der Waals surface area contributed by atoms with E-state index in [0.29, 0.717) is 6.54 Å². The highest BCUT2D eigenvalue weighted by Crippen LogP contribution is 2.02. The minimum absolute atomic E-state index is 0.108. The van der Waals surface area contributed by atoms with Gasteiger partial charge in [-0.3, -0.25) is 0 Å². The fourth-order valence-corrected chi connectivity index (χ4v) is 1.93. The largest absolute Gasteiger partial charge is 0.315 e. The summed E-state index contributed by atoms with van der Waals surface area (Å²) in [5.41, 5.74) is 1.19. The predicted octanol–water partition coefficient (Wildman–Crippen LogP) is 0.366. The van der Waals surface area contributed by atoms with Crippen LogP contribution in [0.3, 0.4) is 0 Å². The number of likely N-dealkylation sites (N-methyl/N-ethyl adjacent to an activating group) is 1. The van der Waals surface area contributed by atoms with E-state index in [4.69, 9.17) is 0 Å². The van der Waals surface area contributed by atoms with Gasteiger partial charge in [-0.25, -0.2) is 13.1 Å². The van der Waals surface area contributed by atoms with Crippen LogP contribution in [0.25, 0.3) is 0 Å². The van der Waals surface area contributed by atoms with Gasteiger partial charge < -0.3 is 5.32 Å². The maximum absolute atomic E-state index is 11.0. The molecule has 0 amide bonds. The average molecular weight is 242 g/mol. The number of sulfonamides is 1. The zero-order chi connectivity index (χ0) is 12.0. The Bertz CT molecular complexity index is 403. The third-order valence-corrected chi connectivity index (χ3v) is 3.02. The van der Waals surface area contributed by atoms with Crippen molar-refractivity contribution in [2.24, 2.45) is 0 Å². The molecule has 0 saturated heterocycles. The molecule has 1 rings (SSSR count). The SMILES string of the molecule is CNC(CNS(C)(=O)=O)Cc1ccccc1. The smallest absolute Gasteiger partial charge is 0.208 e. The summed E-state index contributed by atoms with van der Waals surface area (Å²) in [6.45, 7) is 0.407. The summed E-state index contributed by atoms with van der Waals surface area (Å²) in [5.74, 6) is 0. The number of benzene rings is 1. The lowest BCUT2D eigenvalue weighted by atomic mass is 10.1. The predicted molar refractivity (Wildman–Crippen MR) is 65.8 cm³/mol. The Labute approximate surface area is 97.1 Å². The quantitative estimate of drug-likeness (QED) is 0.757. The molecule has 0 aliphatic rings. The lowest BCUT2D eigenvalue weighted by molar-refractivity contribution is 0.532. The van der Waals surface area contributed by atoms with Crippen LogP contribution >= 0.6 is 0 Å². The molecular weight excluding hydrogens is 224 g/mol. The Morgan fingerprint density at radius 3 is 2.38 bits per heavy atom. The van der Waals surface area contributed by atoms with Gasteiger partial charge in [-0.15, -0.1) is 0 Å². The van der Waals surface area contributed by atoms with E-state index in [2.05, 4.69) is 10.0 Å². The summed E-state index contributed by atoms with van der Waals surface area (Å²) in [7, 11) is -1.28. The minimum atomic E-state index is -3.11. The van der Waals surface area contributed by atoms with Gasteiger partial charge in [-0.1, -0.05) is 30.3 Å². The van der Waals surface area contributed by atoms with Gasteiger partial charge in [0.05, 0.1) is 6.26 Å².